The van der Waals surface area contributed by atoms with Crippen molar-refractivity contribution in [2.75, 3.05) is 6.61 Å². The number of carbonyl (C=O) groups is 1. The van der Waals surface area contributed by atoms with Gasteiger partial charge >= 0.3 is 0 Å². The minimum absolute atomic E-state index is 0.0114. The molecule has 1 fully saturated rings. The van der Waals surface area contributed by atoms with E-state index < -0.39 is 30.1 Å². The van der Waals surface area contributed by atoms with Crippen molar-refractivity contribution in [2.24, 2.45) is 0 Å². The molecule has 5 nitrogen and oxygen atoms in total. The number of alkyl halides is 4. The zero-order valence-corrected chi connectivity index (χ0v) is 16.9. The number of ether oxygens (including phenoxy) is 1. The Morgan fingerprint density at radius 2 is 1.93 bits per heavy atom. The van der Waals surface area contributed by atoms with E-state index in [-0.39, 0.29) is 23.4 Å². The Kier molecular flexibility index (Phi) is 7.69. The van der Waals surface area contributed by atoms with Crippen molar-refractivity contribution in [3.63, 3.8) is 0 Å². The highest BCUT2D eigenvalue weighted by Gasteiger charge is 2.26. The molecule has 1 aliphatic rings. The van der Waals surface area contributed by atoms with E-state index in [1.807, 2.05) is 0 Å². The summed E-state index contributed by atoms with van der Waals surface area (Å²) >= 11 is 0. The molecule has 0 atom stereocenters. The summed E-state index contributed by atoms with van der Waals surface area (Å²) in [7, 11) is 0. The predicted molar refractivity (Wildman–Crippen MR) is 104 cm³/mol. The maximum Gasteiger partial charge on any atom is 0.280 e. The van der Waals surface area contributed by atoms with E-state index in [0.29, 0.717) is 6.07 Å². The van der Waals surface area contributed by atoms with Crippen LogP contribution in [-0.4, -0.2) is 34.0 Å². The fraction of sp³-hybridized carbons (Fsp3) is 0.619. The van der Waals surface area contributed by atoms with Crippen LogP contribution in [0.1, 0.15) is 86.5 Å². The second-order valence-electron chi connectivity index (χ2n) is 7.66. The normalized spacial score (nSPS) is 19.7. The molecule has 30 heavy (non-hydrogen) atoms. The van der Waals surface area contributed by atoms with Gasteiger partial charge in [0.15, 0.2) is 0 Å². The number of aromatic nitrogens is 2. The van der Waals surface area contributed by atoms with Crippen LogP contribution in [0.3, 0.4) is 0 Å². The molecular formula is C21H27F4N3O2. The first-order valence-corrected chi connectivity index (χ1v) is 10.4. The number of unbranched alkanes of at least 4 members (excludes halogenated alkanes) is 2. The van der Waals surface area contributed by atoms with Crippen LogP contribution in [0.5, 0.6) is 0 Å². The van der Waals surface area contributed by atoms with E-state index in [1.165, 1.54) is 12.3 Å². The average Bonchev–Trinajstić information content (AvgIpc) is 3.15. The standard InChI is InChI=1S/C21H27F4N3O2/c1-2-3-4-11-30-14-7-5-13(6-8-14)26-21(29)15-9-10-28-17(19(24)25)12-16(18(22)23)27-20(15)28/h9-10,12-14,18-19H,2-8,11H2,1H3,(H,26,29)/t13-,14-. The number of amides is 1. The number of fused-ring (bicyclic) bond motifs is 1. The summed E-state index contributed by atoms with van der Waals surface area (Å²) in [6, 6.07) is 1.93. The lowest BCUT2D eigenvalue weighted by Crippen LogP contribution is -2.39. The van der Waals surface area contributed by atoms with Crippen LogP contribution in [0.4, 0.5) is 17.6 Å². The Morgan fingerprint density at radius 1 is 1.20 bits per heavy atom. The number of nitrogens with zero attached hydrogens (tertiary/aromatic N) is 2. The highest BCUT2D eigenvalue weighted by molar-refractivity contribution is 6.00. The summed E-state index contributed by atoms with van der Waals surface area (Å²) in [5.41, 5.74) is -1.56. The van der Waals surface area contributed by atoms with E-state index >= 15 is 0 Å². The van der Waals surface area contributed by atoms with E-state index in [9.17, 15) is 22.4 Å². The molecule has 0 aromatic carbocycles. The second-order valence-corrected chi connectivity index (χ2v) is 7.66. The molecule has 9 heteroatoms. The molecule has 1 saturated carbocycles. The van der Waals surface area contributed by atoms with Crippen molar-refractivity contribution in [2.45, 2.75) is 76.9 Å². The number of nitrogens with one attached hydrogen (secondary N) is 1. The number of halogens is 4. The minimum Gasteiger partial charge on any atom is -0.378 e. The smallest absolute Gasteiger partial charge is 0.280 e. The average molecular weight is 429 g/mol. The molecule has 166 valence electrons. The van der Waals surface area contributed by atoms with Crippen LogP contribution in [0, 0.1) is 0 Å². The maximum atomic E-state index is 13.3. The summed E-state index contributed by atoms with van der Waals surface area (Å²) in [4.78, 5) is 16.5. The Labute approximate surface area is 172 Å². The van der Waals surface area contributed by atoms with Gasteiger partial charge in [-0.25, -0.2) is 22.5 Å². The SMILES string of the molecule is CCCCCO[C@H]1CC[C@H](NC(=O)c2ccn3c(C(F)F)cc(C(F)F)nc23)CC1. The van der Waals surface area contributed by atoms with Crippen molar-refractivity contribution in [1.82, 2.24) is 14.7 Å². The summed E-state index contributed by atoms with van der Waals surface area (Å²) in [6.45, 7) is 2.89. The largest absolute Gasteiger partial charge is 0.378 e. The molecule has 0 spiro atoms. The monoisotopic (exact) mass is 429 g/mol. The van der Waals surface area contributed by atoms with Crippen LogP contribution in [-0.2, 0) is 4.74 Å². The molecule has 1 aliphatic carbocycles. The zero-order valence-electron chi connectivity index (χ0n) is 16.9. The quantitative estimate of drug-likeness (QED) is 0.426. The van der Waals surface area contributed by atoms with Gasteiger partial charge in [0.1, 0.15) is 11.3 Å². The fourth-order valence-electron chi connectivity index (χ4n) is 3.82. The lowest BCUT2D eigenvalue weighted by Gasteiger charge is -2.29. The molecule has 2 aromatic heterocycles. The van der Waals surface area contributed by atoms with Gasteiger partial charge in [0.25, 0.3) is 18.8 Å². The molecule has 1 N–H and O–H groups in total. The van der Waals surface area contributed by atoms with E-state index in [0.717, 1.165) is 56.0 Å². The third-order valence-electron chi connectivity index (χ3n) is 5.47. The number of hydrogen-bond donors (Lipinski definition) is 1. The summed E-state index contributed by atoms with van der Waals surface area (Å²) in [5.74, 6) is -0.496. The lowest BCUT2D eigenvalue weighted by atomic mass is 9.92. The molecule has 3 rings (SSSR count). The molecule has 0 unspecified atom stereocenters. The summed E-state index contributed by atoms with van der Waals surface area (Å²) in [5, 5.41) is 2.88. The second kappa shape index (κ2) is 10.2. The third-order valence-corrected chi connectivity index (χ3v) is 5.47. The summed E-state index contributed by atoms with van der Waals surface area (Å²) < 4.78 is 59.6. The Balaban J connectivity index is 1.65. The molecule has 1 amide bonds. The summed E-state index contributed by atoms with van der Waals surface area (Å²) in [6.07, 6.45) is 1.95. The molecule has 0 saturated heterocycles. The topological polar surface area (TPSA) is 55.6 Å². The van der Waals surface area contributed by atoms with Crippen LogP contribution < -0.4 is 5.32 Å². The molecular weight excluding hydrogens is 402 g/mol. The third kappa shape index (κ3) is 5.30. The molecule has 2 aromatic rings. The number of carbonyl (C=O) groups excluding carboxylic acids is 1. The number of rotatable bonds is 9. The van der Waals surface area contributed by atoms with Gasteiger partial charge in [-0.2, -0.15) is 0 Å². The molecule has 0 radical (unpaired) electrons. The van der Waals surface area contributed by atoms with E-state index in [4.69, 9.17) is 4.74 Å². The van der Waals surface area contributed by atoms with Gasteiger partial charge in [-0.1, -0.05) is 19.8 Å². The van der Waals surface area contributed by atoms with Gasteiger partial charge in [-0.05, 0) is 44.2 Å². The predicted octanol–water partition coefficient (Wildman–Crippen LogP) is 5.46. The maximum absolute atomic E-state index is 13.3. The highest BCUT2D eigenvalue weighted by atomic mass is 19.3. The first kappa shape index (κ1) is 22.5. The van der Waals surface area contributed by atoms with E-state index in [1.54, 1.807) is 0 Å². The van der Waals surface area contributed by atoms with Crippen LogP contribution in [0.2, 0.25) is 0 Å². The van der Waals surface area contributed by atoms with E-state index in [2.05, 4.69) is 17.2 Å². The highest BCUT2D eigenvalue weighted by Crippen LogP contribution is 2.28. The molecule has 0 bridgehead atoms. The first-order valence-electron chi connectivity index (χ1n) is 10.4. The van der Waals surface area contributed by atoms with Gasteiger partial charge in [0.2, 0.25) is 0 Å². The Hall–Kier alpha value is -2.16. The van der Waals surface area contributed by atoms with Gasteiger partial charge in [0, 0.05) is 18.8 Å². The zero-order chi connectivity index (χ0) is 21.7. The van der Waals surface area contributed by atoms with Gasteiger partial charge in [0.05, 0.1) is 17.4 Å². The van der Waals surface area contributed by atoms with Crippen molar-refractivity contribution in [3.8, 4) is 0 Å². The number of hydrogen-bond acceptors (Lipinski definition) is 3. The first-order chi connectivity index (χ1) is 14.4. The van der Waals surface area contributed by atoms with Gasteiger partial charge in [-0.3, -0.25) is 9.20 Å². The van der Waals surface area contributed by atoms with Gasteiger partial charge in [-0.15, -0.1) is 0 Å². The van der Waals surface area contributed by atoms with Crippen LogP contribution >= 0.6 is 0 Å². The lowest BCUT2D eigenvalue weighted by molar-refractivity contribution is 0.0205. The Bertz CT molecular complexity index is 848. The minimum atomic E-state index is -3.01. The fourth-order valence-corrected chi connectivity index (χ4v) is 3.82. The van der Waals surface area contributed by atoms with Crippen molar-refractivity contribution in [1.29, 1.82) is 0 Å². The van der Waals surface area contributed by atoms with Gasteiger partial charge < -0.3 is 10.1 Å². The van der Waals surface area contributed by atoms with Crippen LogP contribution in [0.25, 0.3) is 5.65 Å². The molecule has 2 heterocycles. The van der Waals surface area contributed by atoms with Crippen molar-refractivity contribution in [3.05, 3.63) is 35.3 Å². The molecule has 0 aliphatic heterocycles. The Morgan fingerprint density at radius 3 is 2.57 bits per heavy atom. The van der Waals surface area contributed by atoms with Crippen molar-refractivity contribution >= 4 is 11.6 Å². The van der Waals surface area contributed by atoms with Crippen molar-refractivity contribution < 1.29 is 27.1 Å². The van der Waals surface area contributed by atoms with Crippen LogP contribution in [0.15, 0.2) is 18.3 Å².